The van der Waals surface area contributed by atoms with Gasteiger partial charge in [0, 0.05) is 38.2 Å². The predicted octanol–water partition coefficient (Wildman–Crippen LogP) is -0.400. The minimum atomic E-state index is 0. The van der Waals surface area contributed by atoms with E-state index < -0.39 is 0 Å². The van der Waals surface area contributed by atoms with Gasteiger partial charge in [-0.25, -0.2) is 0 Å². The van der Waals surface area contributed by atoms with Crippen LogP contribution in [0.5, 0.6) is 0 Å². The number of hydrogen-bond donors (Lipinski definition) is 0. The van der Waals surface area contributed by atoms with Gasteiger partial charge in [-0.05, 0) is 0 Å². The van der Waals surface area contributed by atoms with Gasteiger partial charge in [0.05, 0.1) is 0 Å². The molecule has 9 radical (unpaired) electrons. The molecule has 0 saturated carbocycles. The third-order valence-electron chi connectivity index (χ3n) is 0. The predicted molar refractivity (Wildman–Crippen MR) is 24.9 cm³/mol. The Morgan fingerprint density at radius 2 is 1.20 bits per heavy atom. The Bertz CT molecular complexity index is 11.6. The molecule has 0 N–H and O–H groups in total. The Morgan fingerprint density at radius 3 is 1.20 bits per heavy atom. The van der Waals surface area contributed by atoms with Crippen LogP contribution in [-0.4, -0.2) is 38.2 Å². The number of rotatable bonds is 0. The second-order valence-electron chi connectivity index (χ2n) is 0. The molecule has 5 heteroatoms. The molecule has 0 atom stereocenters. The topological polar surface area (TPSA) is 17.1 Å². The van der Waals surface area contributed by atoms with Crippen molar-refractivity contribution < 1.29 is 4.57 Å². The molecule has 0 aliphatic rings. The molecule has 0 heterocycles. The summed E-state index contributed by atoms with van der Waals surface area (Å²) >= 11 is 0. The quantitative estimate of drug-likeness (QED) is 0.294. The third-order valence-corrected chi connectivity index (χ3v) is 0. The van der Waals surface area contributed by atoms with E-state index in [4.69, 9.17) is 4.57 Å². The van der Waals surface area contributed by atoms with Gasteiger partial charge in [-0.3, -0.25) is 4.57 Å². The Balaban J connectivity index is -0.00000000167. The van der Waals surface area contributed by atoms with Gasteiger partial charge in [-0.15, -0.1) is 0 Å². The van der Waals surface area contributed by atoms with Crippen LogP contribution >= 0.6 is 9.12 Å². The van der Waals surface area contributed by atoms with Crippen LogP contribution in [0, 0.1) is 0 Å². The summed E-state index contributed by atoms with van der Waals surface area (Å²) in [6.07, 6.45) is 0. The molecule has 0 aromatic heterocycles. The van der Waals surface area contributed by atoms with Crippen molar-refractivity contribution in [3.8, 4) is 0 Å². The monoisotopic (exact) mass is 93.0 g/mol. The van der Waals surface area contributed by atoms with Gasteiger partial charge in [0.25, 0.3) is 9.12 Å². The van der Waals surface area contributed by atoms with Crippen molar-refractivity contribution in [3.05, 3.63) is 0 Å². The van der Waals surface area contributed by atoms with Crippen LogP contribution in [0.15, 0.2) is 0 Å². The maximum Gasteiger partial charge on any atom is 0.261 e. The largest absolute Gasteiger partial charge is 0.261 e. The van der Waals surface area contributed by atoms with Crippen molar-refractivity contribution in [1.29, 1.82) is 0 Å². The molecule has 0 unspecified atom stereocenters. The van der Waals surface area contributed by atoms with Gasteiger partial charge < -0.3 is 0 Å². The van der Waals surface area contributed by atoms with Crippen LogP contribution in [0.4, 0.5) is 0 Å². The standard InChI is InChI=1S/B.Li.OP.Si/c;;1-2;. The first-order chi connectivity index (χ1) is 1.00. The SMILES string of the molecule is O=[P].[B].[Li].[Si]. The van der Waals surface area contributed by atoms with Crippen LogP contribution in [0.1, 0.15) is 0 Å². The Hall–Kier alpha value is 0.979. The molecule has 0 aliphatic heterocycles. The fourth-order valence-corrected chi connectivity index (χ4v) is 0. The van der Waals surface area contributed by atoms with E-state index in [1.165, 1.54) is 0 Å². The van der Waals surface area contributed by atoms with Gasteiger partial charge in [-0.2, -0.15) is 0 Å². The maximum absolute atomic E-state index is 7.94. The molecule has 0 aromatic rings. The van der Waals surface area contributed by atoms with Gasteiger partial charge in [0.15, 0.2) is 0 Å². The van der Waals surface area contributed by atoms with Gasteiger partial charge >= 0.3 is 0 Å². The fraction of sp³-hybridized carbons (Fsp3) is 0. The van der Waals surface area contributed by atoms with Crippen LogP contribution in [0.3, 0.4) is 0 Å². The minimum absolute atomic E-state index is 0. The van der Waals surface area contributed by atoms with Crippen molar-refractivity contribution in [2.45, 2.75) is 0 Å². The summed E-state index contributed by atoms with van der Waals surface area (Å²) in [7, 11) is 2.28. The van der Waals surface area contributed by atoms with Crippen LogP contribution in [0.2, 0.25) is 0 Å². The molecule has 19 valence electrons. The van der Waals surface area contributed by atoms with E-state index >= 15 is 0 Å². The van der Waals surface area contributed by atoms with Crippen LogP contribution < -0.4 is 0 Å². The molecule has 0 amide bonds. The van der Waals surface area contributed by atoms with Gasteiger partial charge in [-0.1, -0.05) is 0 Å². The number of hydrogen-bond acceptors (Lipinski definition) is 1. The van der Waals surface area contributed by atoms with Gasteiger partial charge in [0.2, 0.25) is 0 Å². The molecule has 0 spiro atoms. The average molecular weight is 92.8 g/mol. The summed E-state index contributed by atoms with van der Waals surface area (Å²) < 4.78 is 7.94. The first-order valence-electron chi connectivity index (χ1n) is 0.183. The molecule has 0 aromatic carbocycles. The van der Waals surface area contributed by atoms with Crippen molar-refractivity contribution >= 4 is 47.4 Å². The summed E-state index contributed by atoms with van der Waals surface area (Å²) in [5, 5.41) is 0. The smallest absolute Gasteiger partial charge is 0.261 e. The molecule has 0 bridgehead atoms. The average Bonchev–Trinajstić information content (AvgIpc) is 1.00. The third kappa shape index (κ3) is 46.1. The van der Waals surface area contributed by atoms with Crippen molar-refractivity contribution in [1.82, 2.24) is 0 Å². The Kier molecular flexibility index (Phi) is 622. The second-order valence-corrected chi connectivity index (χ2v) is 0. The zero-order valence-corrected chi connectivity index (χ0v) is 4.83. The first-order valence-corrected chi connectivity index (χ1v) is 0.548. The van der Waals surface area contributed by atoms with E-state index in [0.29, 0.717) is 0 Å². The fourth-order valence-electron chi connectivity index (χ4n) is 0. The zero-order chi connectivity index (χ0) is 2.00. The van der Waals surface area contributed by atoms with Crippen molar-refractivity contribution in [3.63, 3.8) is 0 Å². The molecule has 0 aliphatic carbocycles. The summed E-state index contributed by atoms with van der Waals surface area (Å²) in [5.74, 6) is 0. The molecule has 0 saturated heterocycles. The normalized spacial score (nSPS) is 0.800. The summed E-state index contributed by atoms with van der Waals surface area (Å²) in [6, 6.07) is 0. The molecule has 0 rings (SSSR count). The van der Waals surface area contributed by atoms with Crippen molar-refractivity contribution in [2.24, 2.45) is 0 Å². The maximum atomic E-state index is 7.94. The second kappa shape index (κ2) is 82.2. The molecule has 0 fully saturated rings. The van der Waals surface area contributed by atoms with E-state index in [2.05, 4.69) is 9.12 Å². The Labute approximate surface area is 52.3 Å². The van der Waals surface area contributed by atoms with Crippen LogP contribution in [0.25, 0.3) is 0 Å². The molecular formula is BLiOPSi. The van der Waals surface area contributed by atoms with E-state index in [0.717, 1.165) is 0 Å². The van der Waals surface area contributed by atoms with E-state index in [-0.39, 0.29) is 38.2 Å². The molecular weight excluding hydrogens is 92.8 g/mol. The van der Waals surface area contributed by atoms with E-state index in [1.54, 1.807) is 0 Å². The Morgan fingerprint density at radius 1 is 1.20 bits per heavy atom. The van der Waals surface area contributed by atoms with E-state index in [9.17, 15) is 0 Å². The first kappa shape index (κ1) is 37.8. The van der Waals surface area contributed by atoms with Crippen molar-refractivity contribution in [2.75, 3.05) is 0 Å². The zero-order valence-electron chi connectivity index (χ0n) is 2.93. The van der Waals surface area contributed by atoms with Crippen LogP contribution in [-0.2, 0) is 4.57 Å². The summed E-state index contributed by atoms with van der Waals surface area (Å²) in [4.78, 5) is 0. The summed E-state index contributed by atoms with van der Waals surface area (Å²) in [6.45, 7) is 0. The summed E-state index contributed by atoms with van der Waals surface area (Å²) in [5.41, 5.74) is 0. The molecule has 1 nitrogen and oxygen atoms in total. The molecule has 5 heavy (non-hydrogen) atoms. The van der Waals surface area contributed by atoms with Gasteiger partial charge in [0.1, 0.15) is 0 Å². The minimum Gasteiger partial charge on any atom is -0.261 e. The van der Waals surface area contributed by atoms with E-state index in [1.807, 2.05) is 0 Å².